The van der Waals surface area contributed by atoms with Crippen LogP contribution in [-0.4, -0.2) is 48.1 Å². The van der Waals surface area contributed by atoms with Crippen LogP contribution in [0.15, 0.2) is 48.5 Å². The van der Waals surface area contributed by atoms with E-state index in [4.69, 9.17) is 14.2 Å². The Hall–Kier alpha value is -4.14. The summed E-state index contributed by atoms with van der Waals surface area (Å²) >= 11 is 0. The third-order valence-corrected chi connectivity index (χ3v) is 6.17. The summed E-state index contributed by atoms with van der Waals surface area (Å²) in [6.07, 6.45) is 0. The lowest BCUT2D eigenvalue weighted by molar-refractivity contribution is -0.145. The lowest BCUT2D eigenvalue weighted by atomic mass is 10.0. The van der Waals surface area contributed by atoms with Gasteiger partial charge in [0.25, 0.3) is 5.91 Å². The quantitative estimate of drug-likeness (QED) is 0.362. The Kier molecular flexibility index (Phi) is 7.61. The standard InChI is InChI=1S/C28H29FN2O6/c1-16(2)26(30-27(33)19-5-7-20(29)8-6-19)28(34)37-15-23(32)22-13-17(3)31(18(22)4)21-9-10-24-25(14-21)36-12-11-35-24/h5-10,13-14,16,26H,11-12,15H2,1-4H3,(H,30,33). The van der Waals surface area contributed by atoms with E-state index in [2.05, 4.69) is 5.32 Å². The van der Waals surface area contributed by atoms with Crippen molar-refractivity contribution in [3.63, 3.8) is 0 Å². The van der Waals surface area contributed by atoms with Gasteiger partial charge in [0.15, 0.2) is 18.1 Å². The Morgan fingerprint density at radius 2 is 1.68 bits per heavy atom. The summed E-state index contributed by atoms with van der Waals surface area (Å²) in [6.45, 7) is 7.69. The van der Waals surface area contributed by atoms with Crippen LogP contribution >= 0.6 is 0 Å². The van der Waals surface area contributed by atoms with Gasteiger partial charge in [-0.1, -0.05) is 13.8 Å². The highest BCUT2D eigenvalue weighted by atomic mass is 19.1. The normalized spacial score (nSPS) is 13.2. The van der Waals surface area contributed by atoms with Crippen molar-refractivity contribution >= 4 is 17.7 Å². The van der Waals surface area contributed by atoms with E-state index in [0.717, 1.165) is 23.5 Å². The van der Waals surface area contributed by atoms with Crippen molar-refractivity contribution in [3.8, 4) is 17.2 Å². The number of aryl methyl sites for hydroxylation is 1. The van der Waals surface area contributed by atoms with Gasteiger partial charge in [0.05, 0.1) is 0 Å². The molecule has 1 aliphatic rings. The van der Waals surface area contributed by atoms with Crippen molar-refractivity contribution in [3.05, 3.63) is 76.9 Å². The number of amides is 1. The van der Waals surface area contributed by atoms with Gasteiger partial charge in [0.2, 0.25) is 5.78 Å². The lowest BCUT2D eigenvalue weighted by Crippen LogP contribution is -2.45. The number of hydrogen-bond donors (Lipinski definition) is 1. The molecule has 0 saturated carbocycles. The van der Waals surface area contributed by atoms with Gasteiger partial charge in [-0.05, 0) is 62.2 Å². The van der Waals surface area contributed by atoms with Gasteiger partial charge in [-0.2, -0.15) is 0 Å². The van der Waals surface area contributed by atoms with E-state index in [1.54, 1.807) is 19.9 Å². The summed E-state index contributed by atoms with van der Waals surface area (Å²) in [6, 6.07) is 11.3. The first kappa shape index (κ1) is 25.9. The fourth-order valence-corrected chi connectivity index (χ4v) is 4.24. The molecule has 0 saturated heterocycles. The van der Waals surface area contributed by atoms with Gasteiger partial charge in [-0.15, -0.1) is 0 Å². The molecular formula is C28H29FN2O6. The molecule has 1 aromatic heterocycles. The fourth-order valence-electron chi connectivity index (χ4n) is 4.24. The van der Waals surface area contributed by atoms with Crippen LogP contribution in [0.4, 0.5) is 4.39 Å². The Morgan fingerprint density at radius 1 is 1.00 bits per heavy atom. The molecule has 0 bridgehead atoms. The molecule has 3 aromatic rings. The molecule has 1 aliphatic heterocycles. The Morgan fingerprint density at radius 3 is 2.35 bits per heavy atom. The second-order valence-electron chi connectivity index (χ2n) is 9.18. The summed E-state index contributed by atoms with van der Waals surface area (Å²) in [5.41, 5.74) is 2.98. The van der Waals surface area contributed by atoms with E-state index in [9.17, 15) is 18.8 Å². The number of nitrogens with one attached hydrogen (secondary N) is 1. The SMILES string of the molecule is Cc1cc(C(=O)COC(=O)C(NC(=O)c2ccc(F)cc2)C(C)C)c(C)n1-c1ccc2c(c1)OCCO2. The molecule has 0 radical (unpaired) electrons. The number of rotatable bonds is 8. The second kappa shape index (κ2) is 10.9. The molecule has 0 aliphatic carbocycles. The van der Waals surface area contributed by atoms with Gasteiger partial charge in [-0.3, -0.25) is 9.59 Å². The van der Waals surface area contributed by atoms with Crippen LogP contribution in [0.3, 0.4) is 0 Å². The number of ether oxygens (including phenoxy) is 3. The van der Waals surface area contributed by atoms with Crippen molar-refractivity contribution in [2.24, 2.45) is 5.92 Å². The number of fused-ring (bicyclic) bond motifs is 1. The molecule has 2 heterocycles. The first-order valence-corrected chi connectivity index (χ1v) is 12.0. The molecule has 1 amide bonds. The molecule has 2 aromatic carbocycles. The van der Waals surface area contributed by atoms with Crippen LogP contribution in [0.25, 0.3) is 5.69 Å². The van der Waals surface area contributed by atoms with Crippen molar-refractivity contribution in [1.29, 1.82) is 0 Å². The highest BCUT2D eigenvalue weighted by Gasteiger charge is 2.28. The largest absolute Gasteiger partial charge is 0.486 e. The van der Waals surface area contributed by atoms with E-state index in [1.807, 2.05) is 36.6 Å². The predicted octanol–water partition coefficient (Wildman–Crippen LogP) is 4.18. The maximum atomic E-state index is 13.2. The molecule has 8 nitrogen and oxygen atoms in total. The average molecular weight is 509 g/mol. The lowest BCUT2D eigenvalue weighted by Gasteiger charge is -2.21. The van der Waals surface area contributed by atoms with Crippen LogP contribution in [0.1, 0.15) is 46.0 Å². The number of ketones is 1. The molecule has 1 N–H and O–H groups in total. The smallest absolute Gasteiger partial charge is 0.329 e. The van der Waals surface area contributed by atoms with Gasteiger partial charge in [-0.25, -0.2) is 9.18 Å². The van der Waals surface area contributed by atoms with Crippen LogP contribution in [0.5, 0.6) is 11.5 Å². The summed E-state index contributed by atoms with van der Waals surface area (Å²) in [5, 5.41) is 2.61. The van der Waals surface area contributed by atoms with Crippen molar-refractivity contribution in [2.45, 2.75) is 33.7 Å². The number of carbonyl (C=O) groups is 3. The first-order valence-electron chi connectivity index (χ1n) is 12.0. The molecule has 0 spiro atoms. The fraction of sp³-hybridized carbons (Fsp3) is 0.321. The summed E-state index contributed by atoms with van der Waals surface area (Å²) in [4.78, 5) is 38.3. The van der Waals surface area contributed by atoms with Crippen LogP contribution < -0.4 is 14.8 Å². The van der Waals surface area contributed by atoms with Crippen LogP contribution in [0.2, 0.25) is 0 Å². The zero-order chi connectivity index (χ0) is 26.7. The van der Waals surface area contributed by atoms with Crippen molar-refractivity contribution in [1.82, 2.24) is 9.88 Å². The van der Waals surface area contributed by atoms with E-state index >= 15 is 0 Å². The number of nitrogens with zero attached hydrogens (tertiary/aromatic N) is 1. The topological polar surface area (TPSA) is 95.9 Å². The Balaban J connectivity index is 1.44. The minimum absolute atomic E-state index is 0.211. The summed E-state index contributed by atoms with van der Waals surface area (Å²) in [7, 11) is 0. The van der Waals surface area contributed by atoms with Gasteiger partial charge in [0.1, 0.15) is 25.1 Å². The minimum Gasteiger partial charge on any atom is -0.486 e. The van der Waals surface area contributed by atoms with Gasteiger partial charge >= 0.3 is 5.97 Å². The maximum Gasteiger partial charge on any atom is 0.329 e. The van der Waals surface area contributed by atoms with Gasteiger partial charge < -0.3 is 24.1 Å². The Labute approximate surface area is 214 Å². The highest BCUT2D eigenvalue weighted by Crippen LogP contribution is 2.33. The molecule has 194 valence electrons. The molecule has 4 rings (SSSR count). The van der Waals surface area contributed by atoms with Crippen molar-refractivity contribution in [2.75, 3.05) is 19.8 Å². The molecule has 1 unspecified atom stereocenters. The van der Waals surface area contributed by atoms with Crippen LogP contribution in [-0.2, 0) is 9.53 Å². The average Bonchev–Trinajstić information content (AvgIpc) is 3.19. The minimum atomic E-state index is -0.976. The third kappa shape index (κ3) is 5.66. The maximum absolute atomic E-state index is 13.2. The number of aromatic nitrogens is 1. The molecule has 9 heteroatoms. The van der Waals surface area contributed by atoms with E-state index < -0.39 is 30.3 Å². The third-order valence-electron chi connectivity index (χ3n) is 6.17. The monoisotopic (exact) mass is 508 g/mol. The number of halogens is 1. The number of benzene rings is 2. The second-order valence-corrected chi connectivity index (χ2v) is 9.18. The molecule has 0 fully saturated rings. The molecule has 1 atom stereocenters. The number of hydrogen-bond acceptors (Lipinski definition) is 6. The van der Waals surface area contributed by atoms with E-state index in [-0.39, 0.29) is 17.3 Å². The Bertz CT molecular complexity index is 1330. The zero-order valence-electron chi connectivity index (χ0n) is 21.2. The van der Waals surface area contributed by atoms with E-state index in [1.165, 1.54) is 12.1 Å². The predicted molar refractivity (Wildman–Crippen MR) is 134 cm³/mol. The van der Waals surface area contributed by atoms with E-state index in [0.29, 0.717) is 36.0 Å². The first-order chi connectivity index (χ1) is 17.7. The summed E-state index contributed by atoms with van der Waals surface area (Å²) in [5.74, 6) is -1.08. The highest BCUT2D eigenvalue weighted by molar-refractivity contribution is 6.00. The number of Topliss-reactive ketones (excluding diaryl/α,β-unsaturated/α-hetero) is 1. The molecular weight excluding hydrogens is 479 g/mol. The zero-order valence-corrected chi connectivity index (χ0v) is 21.2. The van der Waals surface area contributed by atoms with Gasteiger partial charge in [0, 0.05) is 34.3 Å². The summed E-state index contributed by atoms with van der Waals surface area (Å²) < 4.78 is 31.7. The van der Waals surface area contributed by atoms with Crippen molar-refractivity contribution < 1.29 is 33.0 Å². The van der Waals surface area contributed by atoms with Crippen LogP contribution in [0, 0.1) is 25.6 Å². The number of carbonyl (C=O) groups excluding carboxylic acids is 3. The number of esters is 1. The molecule has 37 heavy (non-hydrogen) atoms.